The van der Waals surface area contributed by atoms with E-state index < -0.39 is 0 Å². The highest BCUT2D eigenvalue weighted by Crippen LogP contribution is 2.39. The molecule has 7 heteroatoms. The number of hydrogen-bond acceptors (Lipinski definition) is 6. The number of aryl methyl sites for hydroxylation is 1. The quantitative estimate of drug-likeness (QED) is 0.634. The fourth-order valence-corrected chi connectivity index (χ4v) is 4.40. The molecular weight excluding hydrogens is 364 g/mol. The minimum absolute atomic E-state index is 0.0319. The van der Waals surface area contributed by atoms with Gasteiger partial charge in [0.25, 0.3) is 0 Å². The Morgan fingerprint density at radius 1 is 1.08 bits per heavy atom. The maximum atomic E-state index is 12.6. The molecule has 0 bridgehead atoms. The van der Waals surface area contributed by atoms with E-state index in [2.05, 4.69) is 22.4 Å². The second-order valence-corrected chi connectivity index (χ2v) is 8.34. The number of nitrogens with one attached hydrogen (secondary N) is 1. The molecule has 0 spiro atoms. The van der Waals surface area contributed by atoms with Crippen LogP contribution in [0.2, 0.25) is 0 Å². The largest absolute Gasteiger partial charge is 0.348 e. The van der Waals surface area contributed by atoms with Gasteiger partial charge in [-0.05, 0) is 24.6 Å². The highest BCUT2D eigenvalue weighted by atomic mass is 32.2. The minimum atomic E-state index is -0.341. The van der Waals surface area contributed by atoms with Crippen molar-refractivity contribution in [2.24, 2.45) is 0 Å². The van der Waals surface area contributed by atoms with E-state index >= 15 is 0 Å². The molecule has 1 heterocycles. The Balaban J connectivity index is 1.76. The predicted molar refractivity (Wildman–Crippen MR) is 108 cm³/mol. The van der Waals surface area contributed by atoms with Crippen molar-refractivity contribution in [2.75, 3.05) is 19.4 Å². The van der Waals surface area contributed by atoms with Gasteiger partial charge in [0.2, 0.25) is 11.0 Å². The molecule has 1 aromatic heterocycles. The molecule has 3 aromatic rings. The first-order valence-electron chi connectivity index (χ1n) is 8.13. The maximum Gasteiger partial charge on any atom is 0.240 e. The van der Waals surface area contributed by atoms with Gasteiger partial charge in [-0.2, -0.15) is 0 Å². The third kappa shape index (κ3) is 4.62. The van der Waals surface area contributed by atoms with Crippen molar-refractivity contribution in [3.05, 3.63) is 65.7 Å². The summed E-state index contributed by atoms with van der Waals surface area (Å²) in [6.45, 7) is 2.05. The van der Waals surface area contributed by atoms with Gasteiger partial charge in [0.1, 0.15) is 5.25 Å². The molecule has 1 amide bonds. The van der Waals surface area contributed by atoms with Gasteiger partial charge in [-0.25, -0.2) is 0 Å². The normalized spacial score (nSPS) is 11.8. The zero-order valence-electron chi connectivity index (χ0n) is 14.8. The van der Waals surface area contributed by atoms with E-state index in [0.29, 0.717) is 5.13 Å². The van der Waals surface area contributed by atoms with Crippen LogP contribution in [-0.2, 0) is 4.79 Å². The van der Waals surface area contributed by atoms with Crippen LogP contribution in [0.25, 0.3) is 0 Å². The van der Waals surface area contributed by atoms with E-state index in [1.165, 1.54) is 28.7 Å². The number of likely N-dealkylation sites (N-methyl/N-ethyl adjacent to an activating group) is 1. The van der Waals surface area contributed by atoms with E-state index in [1.54, 1.807) is 19.0 Å². The summed E-state index contributed by atoms with van der Waals surface area (Å²) in [5.74, 6) is 0.0319. The highest BCUT2D eigenvalue weighted by Gasteiger charge is 2.25. The number of thioether (sulfide) groups is 1. The van der Waals surface area contributed by atoms with Gasteiger partial charge < -0.3 is 10.2 Å². The molecule has 0 radical (unpaired) electrons. The monoisotopic (exact) mass is 384 g/mol. The Labute approximate surface area is 161 Å². The molecule has 0 aliphatic heterocycles. The van der Waals surface area contributed by atoms with Gasteiger partial charge in [0.05, 0.1) is 0 Å². The lowest BCUT2D eigenvalue weighted by molar-refractivity contribution is -0.128. The first-order valence-corrected chi connectivity index (χ1v) is 9.82. The van der Waals surface area contributed by atoms with E-state index in [0.717, 1.165) is 15.6 Å². The summed E-state index contributed by atoms with van der Waals surface area (Å²) < 4.78 is 0.753. The third-order valence-corrected chi connectivity index (χ3v) is 5.86. The van der Waals surface area contributed by atoms with Gasteiger partial charge >= 0.3 is 0 Å². The van der Waals surface area contributed by atoms with Crippen LogP contribution in [0, 0.1) is 6.92 Å². The van der Waals surface area contributed by atoms with Crippen LogP contribution in [0.3, 0.4) is 0 Å². The average Bonchev–Trinajstić information content (AvgIpc) is 3.09. The van der Waals surface area contributed by atoms with Crippen LogP contribution in [-0.4, -0.2) is 35.1 Å². The van der Waals surface area contributed by atoms with Gasteiger partial charge in [-0.15, -0.1) is 10.2 Å². The predicted octanol–water partition coefficient (Wildman–Crippen LogP) is 4.51. The van der Waals surface area contributed by atoms with E-state index in [4.69, 9.17) is 0 Å². The number of aromatic nitrogens is 2. The molecule has 5 nitrogen and oxygen atoms in total. The van der Waals surface area contributed by atoms with Gasteiger partial charge in [-0.3, -0.25) is 4.79 Å². The van der Waals surface area contributed by atoms with Crippen LogP contribution in [0.15, 0.2) is 58.9 Å². The zero-order chi connectivity index (χ0) is 18.5. The Kier molecular flexibility index (Phi) is 5.90. The third-order valence-electron chi connectivity index (χ3n) is 3.70. The van der Waals surface area contributed by atoms with Crippen molar-refractivity contribution >= 4 is 39.8 Å². The molecule has 0 saturated heterocycles. The topological polar surface area (TPSA) is 58.1 Å². The second-order valence-electron chi connectivity index (χ2n) is 6.01. The van der Waals surface area contributed by atoms with E-state index in [1.807, 2.05) is 54.6 Å². The lowest BCUT2D eigenvalue weighted by Crippen LogP contribution is -2.26. The summed E-state index contributed by atoms with van der Waals surface area (Å²) in [6.07, 6.45) is 0. The molecule has 134 valence electrons. The summed E-state index contributed by atoms with van der Waals surface area (Å²) in [5, 5.41) is 12.1. The fraction of sp³-hybridized carbons (Fsp3) is 0.211. The number of nitrogens with zero attached hydrogens (tertiary/aromatic N) is 3. The number of rotatable bonds is 6. The van der Waals surface area contributed by atoms with Crippen LogP contribution in [0.5, 0.6) is 0 Å². The number of anilines is 2. The lowest BCUT2D eigenvalue weighted by Gasteiger charge is -2.19. The van der Waals surface area contributed by atoms with Crippen molar-refractivity contribution in [3.8, 4) is 0 Å². The number of benzene rings is 2. The summed E-state index contributed by atoms with van der Waals surface area (Å²) in [7, 11) is 3.53. The van der Waals surface area contributed by atoms with Crippen LogP contribution < -0.4 is 5.32 Å². The minimum Gasteiger partial charge on any atom is -0.348 e. The summed E-state index contributed by atoms with van der Waals surface area (Å²) in [6, 6.07) is 17.8. The molecule has 2 aromatic carbocycles. The lowest BCUT2D eigenvalue weighted by atomic mass is 10.1. The smallest absolute Gasteiger partial charge is 0.240 e. The summed E-state index contributed by atoms with van der Waals surface area (Å²) in [4.78, 5) is 14.2. The molecule has 0 aliphatic carbocycles. The average molecular weight is 385 g/mol. The molecule has 0 unspecified atom stereocenters. The second kappa shape index (κ2) is 8.33. The molecule has 0 aliphatic rings. The zero-order valence-corrected chi connectivity index (χ0v) is 16.5. The number of amides is 1. The van der Waals surface area contributed by atoms with Crippen molar-refractivity contribution < 1.29 is 4.79 Å². The van der Waals surface area contributed by atoms with Gasteiger partial charge in [0.15, 0.2) is 4.34 Å². The van der Waals surface area contributed by atoms with Crippen molar-refractivity contribution in [1.82, 2.24) is 15.1 Å². The summed E-state index contributed by atoms with van der Waals surface area (Å²) in [5.41, 5.74) is 3.13. The molecule has 1 atom stereocenters. The molecule has 26 heavy (non-hydrogen) atoms. The fourth-order valence-electron chi connectivity index (χ4n) is 2.29. The van der Waals surface area contributed by atoms with Gasteiger partial charge in [-0.1, -0.05) is 71.1 Å². The molecule has 3 rings (SSSR count). The van der Waals surface area contributed by atoms with Crippen molar-refractivity contribution in [1.29, 1.82) is 0 Å². The first kappa shape index (κ1) is 18.4. The Morgan fingerprint density at radius 3 is 2.42 bits per heavy atom. The number of hydrogen-bond donors (Lipinski definition) is 1. The number of carbonyl (C=O) groups is 1. The first-order chi connectivity index (χ1) is 12.5. The van der Waals surface area contributed by atoms with Crippen LogP contribution in [0.4, 0.5) is 10.8 Å². The molecular formula is C19H20N4OS2. The van der Waals surface area contributed by atoms with Gasteiger partial charge in [0, 0.05) is 19.8 Å². The standard InChI is InChI=1S/C19H20N4OS2/c1-13-9-11-15(12-10-13)20-18-21-22-19(26-18)25-16(17(24)23(2)3)14-7-5-4-6-8-14/h4-12,16H,1-3H3,(H,20,21)/t16-/m0/s1. The highest BCUT2D eigenvalue weighted by molar-refractivity contribution is 8.01. The van der Waals surface area contributed by atoms with Crippen LogP contribution in [0.1, 0.15) is 16.4 Å². The molecule has 0 fully saturated rings. The van der Waals surface area contributed by atoms with E-state index in [-0.39, 0.29) is 11.2 Å². The van der Waals surface area contributed by atoms with Crippen molar-refractivity contribution in [3.63, 3.8) is 0 Å². The van der Waals surface area contributed by atoms with Crippen molar-refractivity contribution in [2.45, 2.75) is 16.5 Å². The Hall–Kier alpha value is -2.38. The Bertz CT molecular complexity index is 863. The molecule has 1 N–H and O–H groups in total. The molecule has 0 saturated carbocycles. The Morgan fingerprint density at radius 2 is 1.77 bits per heavy atom. The summed E-state index contributed by atoms with van der Waals surface area (Å²) >= 11 is 2.87. The van der Waals surface area contributed by atoms with Crippen LogP contribution >= 0.6 is 23.1 Å². The SMILES string of the molecule is Cc1ccc(Nc2nnc(S[C@H](C(=O)N(C)C)c3ccccc3)s2)cc1. The van der Waals surface area contributed by atoms with E-state index in [9.17, 15) is 4.79 Å². The maximum absolute atomic E-state index is 12.6. The number of carbonyl (C=O) groups excluding carboxylic acids is 1.